The Morgan fingerprint density at radius 3 is 2.52 bits per heavy atom. The zero-order valence-corrected chi connectivity index (χ0v) is 17.3. The van der Waals surface area contributed by atoms with E-state index in [9.17, 15) is 0 Å². The van der Waals surface area contributed by atoms with Crippen LogP contribution in [-0.2, 0) is 6.61 Å². The molecule has 4 rings (SSSR count). The molecule has 0 amide bonds. The van der Waals surface area contributed by atoms with E-state index >= 15 is 0 Å². The molecule has 144 valence electrons. The van der Waals surface area contributed by atoms with E-state index < -0.39 is 0 Å². The molecule has 0 unspecified atom stereocenters. The van der Waals surface area contributed by atoms with Crippen LogP contribution in [0, 0.1) is 13.8 Å². The Bertz CT molecular complexity index is 1180. The molecule has 0 aliphatic rings. The van der Waals surface area contributed by atoms with E-state index in [1.807, 2.05) is 49.5 Å². The number of rotatable bonds is 5. The Kier molecular flexibility index (Phi) is 5.64. The first-order valence-electron chi connectivity index (χ1n) is 9.60. The Balaban J connectivity index is 1.71. The molecule has 0 fully saturated rings. The van der Waals surface area contributed by atoms with Gasteiger partial charge in [0.25, 0.3) is 0 Å². The molecule has 0 aromatic heterocycles. The standard InChI is InChI=1S/C26H22ClNO/c1-18-7-10-20(11-8-18)17-29-26-14-12-21-5-3-4-6-23(21)24(26)16-28-25-15-22(27)13-9-19(25)2/h3-16H,17H2,1-2H3. The molecule has 0 heterocycles. The second-order valence-corrected chi connectivity index (χ2v) is 7.60. The van der Waals surface area contributed by atoms with E-state index in [4.69, 9.17) is 21.3 Å². The van der Waals surface area contributed by atoms with Crippen molar-refractivity contribution in [3.63, 3.8) is 0 Å². The monoisotopic (exact) mass is 399 g/mol. The highest BCUT2D eigenvalue weighted by Gasteiger charge is 2.08. The molecule has 0 spiro atoms. The summed E-state index contributed by atoms with van der Waals surface area (Å²) < 4.78 is 6.20. The summed E-state index contributed by atoms with van der Waals surface area (Å²) in [5, 5.41) is 2.94. The van der Waals surface area contributed by atoms with Gasteiger partial charge in [-0.3, -0.25) is 4.99 Å². The van der Waals surface area contributed by atoms with Gasteiger partial charge in [-0.1, -0.05) is 77.8 Å². The number of ether oxygens (including phenoxy) is 1. The van der Waals surface area contributed by atoms with Gasteiger partial charge in [0.15, 0.2) is 0 Å². The number of halogens is 1. The quantitative estimate of drug-likeness (QED) is 0.319. The molecule has 0 N–H and O–H groups in total. The number of aliphatic imine (C=N–C) groups is 1. The van der Waals surface area contributed by atoms with Crippen LogP contribution in [0.1, 0.15) is 22.3 Å². The zero-order chi connectivity index (χ0) is 20.2. The third-order valence-corrected chi connectivity index (χ3v) is 5.18. The zero-order valence-electron chi connectivity index (χ0n) is 16.5. The van der Waals surface area contributed by atoms with Crippen molar-refractivity contribution >= 4 is 34.3 Å². The number of hydrogen-bond donors (Lipinski definition) is 0. The first-order valence-corrected chi connectivity index (χ1v) is 9.98. The van der Waals surface area contributed by atoms with Crippen LogP contribution in [0.3, 0.4) is 0 Å². The van der Waals surface area contributed by atoms with Crippen LogP contribution in [0.25, 0.3) is 10.8 Å². The van der Waals surface area contributed by atoms with Crippen LogP contribution in [0.2, 0.25) is 5.02 Å². The minimum absolute atomic E-state index is 0.510. The third-order valence-electron chi connectivity index (χ3n) is 4.95. The molecule has 0 atom stereocenters. The molecular weight excluding hydrogens is 378 g/mol. The number of hydrogen-bond acceptors (Lipinski definition) is 2. The van der Waals surface area contributed by atoms with Gasteiger partial charge in [0.1, 0.15) is 12.4 Å². The molecule has 2 nitrogen and oxygen atoms in total. The highest BCUT2D eigenvalue weighted by atomic mass is 35.5. The number of nitrogens with zero attached hydrogens (tertiary/aromatic N) is 1. The normalized spacial score (nSPS) is 11.3. The summed E-state index contributed by atoms with van der Waals surface area (Å²) in [6.45, 7) is 4.62. The van der Waals surface area contributed by atoms with Crippen molar-refractivity contribution in [1.82, 2.24) is 0 Å². The molecule has 0 bridgehead atoms. The highest BCUT2D eigenvalue weighted by molar-refractivity contribution is 6.30. The lowest BCUT2D eigenvalue weighted by atomic mass is 10.0. The van der Waals surface area contributed by atoms with Crippen LogP contribution in [-0.4, -0.2) is 6.21 Å². The summed E-state index contributed by atoms with van der Waals surface area (Å²) >= 11 is 6.15. The summed E-state index contributed by atoms with van der Waals surface area (Å²) in [6, 6.07) is 26.5. The molecule has 0 saturated carbocycles. The lowest BCUT2D eigenvalue weighted by Gasteiger charge is -2.12. The average Bonchev–Trinajstić information content (AvgIpc) is 2.74. The van der Waals surface area contributed by atoms with Crippen molar-refractivity contribution in [3.05, 3.63) is 106 Å². The molecule has 4 aromatic rings. The van der Waals surface area contributed by atoms with Crippen molar-refractivity contribution in [2.75, 3.05) is 0 Å². The summed E-state index contributed by atoms with van der Waals surface area (Å²) in [4.78, 5) is 4.72. The summed E-state index contributed by atoms with van der Waals surface area (Å²) in [5.74, 6) is 0.813. The maximum Gasteiger partial charge on any atom is 0.129 e. The molecule has 3 heteroatoms. The van der Waals surface area contributed by atoms with Crippen LogP contribution >= 0.6 is 11.6 Å². The summed E-state index contributed by atoms with van der Waals surface area (Å²) in [5.41, 5.74) is 5.28. The summed E-state index contributed by atoms with van der Waals surface area (Å²) in [6.07, 6.45) is 1.88. The van der Waals surface area contributed by atoms with Gasteiger partial charge in [-0.05, 0) is 53.9 Å². The van der Waals surface area contributed by atoms with E-state index in [1.165, 1.54) is 5.56 Å². The van der Waals surface area contributed by atoms with Gasteiger partial charge in [0.2, 0.25) is 0 Å². The van der Waals surface area contributed by atoms with Gasteiger partial charge in [-0.25, -0.2) is 0 Å². The lowest BCUT2D eigenvalue weighted by Crippen LogP contribution is -1.99. The predicted molar refractivity (Wildman–Crippen MR) is 123 cm³/mol. The van der Waals surface area contributed by atoms with Crippen molar-refractivity contribution < 1.29 is 4.74 Å². The maximum atomic E-state index is 6.20. The molecule has 0 aliphatic heterocycles. The highest BCUT2D eigenvalue weighted by Crippen LogP contribution is 2.29. The minimum Gasteiger partial charge on any atom is -0.488 e. The van der Waals surface area contributed by atoms with Gasteiger partial charge < -0.3 is 4.74 Å². The Morgan fingerprint density at radius 2 is 1.69 bits per heavy atom. The van der Waals surface area contributed by atoms with Crippen molar-refractivity contribution in [3.8, 4) is 5.75 Å². The first-order chi connectivity index (χ1) is 14.1. The Labute approximate surface area is 176 Å². The van der Waals surface area contributed by atoms with E-state index in [1.54, 1.807) is 0 Å². The fraction of sp³-hybridized carbons (Fsp3) is 0.115. The molecule has 4 aromatic carbocycles. The fourth-order valence-electron chi connectivity index (χ4n) is 3.24. The van der Waals surface area contributed by atoms with E-state index in [0.29, 0.717) is 11.6 Å². The largest absolute Gasteiger partial charge is 0.488 e. The van der Waals surface area contributed by atoms with Crippen molar-refractivity contribution in [1.29, 1.82) is 0 Å². The topological polar surface area (TPSA) is 21.6 Å². The third kappa shape index (κ3) is 4.49. The Morgan fingerprint density at radius 1 is 0.897 bits per heavy atom. The molecule has 0 aliphatic carbocycles. The Hall–Kier alpha value is -3.10. The van der Waals surface area contributed by atoms with E-state index in [2.05, 4.69) is 49.4 Å². The summed E-state index contributed by atoms with van der Waals surface area (Å²) in [7, 11) is 0. The van der Waals surface area contributed by atoms with Gasteiger partial charge in [-0.2, -0.15) is 0 Å². The van der Waals surface area contributed by atoms with E-state index in [-0.39, 0.29) is 0 Å². The van der Waals surface area contributed by atoms with E-state index in [0.717, 1.165) is 38.9 Å². The fourth-order valence-corrected chi connectivity index (χ4v) is 3.40. The number of benzene rings is 4. The second-order valence-electron chi connectivity index (χ2n) is 7.16. The number of aryl methyl sites for hydroxylation is 2. The van der Waals surface area contributed by atoms with Crippen molar-refractivity contribution in [2.45, 2.75) is 20.5 Å². The SMILES string of the molecule is Cc1ccc(COc2ccc3ccccc3c2C=Nc2cc(Cl)ccc2C)cc1. The van der Waals surface area contributed by atoms with Crippen molar-refractivity contribution in [2.24, 2.45) is 4.99 Å². The van der Waals surface area contributed by atoms with Gasteiger partial charge >= 0.3 is 0 Å². The second kappa shape index (κ2) is 8.50. The molecule has 29 heavy (non-hydrogen) atoms. The minimum atomic E-state index is 0.510. The van der Waals surface area contributed by atoms with Crippen LogP contribution in [0.15, 0.2) is 83.9 Å². The van der Waals surface area contributed by atoms with Crippen LogP contribution in [0.5, 0.6) is 5.75 Å². The lowest BCUT2D eigenvalue weighted by molar-refractivity contribution is 0.306. The average molecular weight is 400 g/mol. The van der Waals surface area contributed by atoms with Gasteiger partial charge in [0, 0.05) is 16.8 Å². The van der Waals surface area contributed by atoms with Crippen LogP contribution < -0.4 is 4.74 Å². The van der Waals surface area contributed by atoms with Gasteiger partial charge in [0.05, 0.1) is 5.69 Å². The number of fused-ring (bicyclic) bond motifs is 1. The predicted octanol–water partition coefficient (Wildman–Crippen LogP) is 7.44. The molecule has 0 radical (unpaired) electrons. The first kappa shape index (κ1) is 19.2. The smallest absolute Gasteiger partial charge is 0.129 e. The van der Waals surface area contributed by atoms with Crippen LogP contribution in [0.4, 0.5) is 5.69 Å². The molecular formula is C26H22ClNO. The maximum absolute atomic E-state index is 6.20. The van der Waals surface area contributed by atoms with Gasteiger partial charge in [-0.15, -0.1) is 0 Å². The molecule has 0 saturated heterocycles.